The summed E-state index contributed by atoms with van der Waals surface area (Å²) in [5.41, 5.74) is 7.44. The van der Waals surface area contributed by atoms with Crippen LogP contribution in [0.15, 0.2) is 24.3 Å². The molecule has 104 valence electrons. The number of thioether (sulfide) groups is 1. The molecule has 1 aliphatic rings. The molecular formula is C15H22N2OS. The fraction of sp³-hybridized carbons (Fsp3) is 0.533. The number of amides is 1. The highest BCUT2D eigenvalue weighted by molar-refractivity contribution is 8.00. The second-order valence-corrected chi connectivity index (χ2v) is 6.76. The largest absolute Gasteiger partial charge is 0.399 e. The summed E-state index contributed by atoms with van der Waals surface area (Å²) < 4.78 is 0. The molecule has 1 saturated heterocycles. The maximum atomic E-state index is 12.3. The summed E-state index contributed by atoms with van der Waals surface area (Å²) in [6.45, 7) is 6.22. The van der Waals surface area contributed by atoms with Crippen LogP contribution in [0, 0.1) is 5.92 Å². The number of hydrogen-bond donors (Lipinski definition) is 1. The van der Waals surface area contributed by atoms with Crippen LogP contribution in [0.1, 0.15) is 19.4 Å². The lowest BCUT2D eigenvalue weighted by atomic mass is 10.1. The Morgan fingerprint density at radius 3 is 2.74 bits per heavy atom. The van der Waals surface area contributed by atoms with Crippen LogP contribution in [0.3, 0.4) is 0 Å². The summed E-state index contributed by atoms with van der Waals surface area (Å²) in [6, 6.07) is 7.58. The van der Waals surface area contributed by atoms with E-state index in [9.17, 15) is 4.79 Å². The summed E-state index contributed by atoms with van der Waals surface area (Å²) in [4.78, 5) is 14.3. The summed E-state index contributed by atoms with van der Waals surface area (Å²) in [5.74, 6) is 1.91. The van der Waals surface area contributed by atoms with Gasteiger partial charge in [-0.05, 0) is 23.6 Å². The molecule has 1 fully saturated rings. The lowest BCUT2D eigenvalue weighted by molar-refractivity contribution is -0.130. The van der Waals surface area contributed by atoms with Crippen molar-refractivity contribution in [3.63, 3.8) is 0 Å². The van der Waals surface area contributed by atoms with Crippen LogP contribution in [0.4, 0.5) is 5.69 Å². The van der Waals surface area contributed by atoms with Gasteiger partial charge in [-0.1, -0.05) is 26.0 Å². The smallest absolute Gasteiger partial charge is 0.227 e. The molecule has 0 aromatic heterocycles. The van der Waals surface area contributed by atoms with Gasteiger partial charge in [-0.15, -0.1) is 0 Å². The van der Waals surface area contributed by atoms with E-state index in [0.29, 0.717) is 17.6 Å². The second-order valence-electron chi connectivity index (χ2n) is 5.41. The highest BCUT2D eigenvalue weighted by Crippen LogP contribution is 2.25. The number of anilines is 1. The quantitative estimate of drug-likeness (QED) is 0.864. The van der Waals surface area contributed by atoms with Crippen molar-refractivity contribution >= 4 is 23.4 Å². The molecule has 1 unspecified atom stereocenters. The molecule has 0 aliphatic carbocycles. The van der Waals surface area contributed by atoms with E-state index in [4.69, 9.17) is 5.73 Å². The van der Waals surface area contributed by atoms with Crippen molar-refractivity contribution in [3.8, 4) is 0 Å². The van der Waals surface area contributed by atoms with Crippen LogP contribution in [0.2, 0.25) is 0 Å². The Balaban J connectivity index is 1.94. The van der Waals surface area contributed by atoms with Crippen LogP contribution >= 0.6 is 11.8 Å². The van der Waals surface area contributed by atoms with Gasteiger partial charge in [0.25, 0.3) is 0 Å². The van der Waals surface area contributed by atoms with Crippen molar-refractivity contribution < 1.29 is 4.79 Å². The molecule has 1 amide bonds. The molecule has 2 N–H and O–H groups in total. The Labute approximate surface area is 119 Å². The Bertz CT molecular complexity index is 430. The number of rotatable bonds is 3. The van der Waals surface area contributed by atoms with Crippen molar-refractivity contribution in [2.24, 2.45) is 5.92 Å². The Morgan fingerprint density at radius 1 is 1.42 bits per heavy atom. The first-order valence-corrected chi connectivity index (χ1v) is 7.85. The normalized spacial score (nSPS) is 19.7. The van der Waals surface area contributed by atoms with Crippen molar-refractivity contribution in [1.29, 1.82) is 0 Å². The minimum absolute atomic E-state index is 0.232. The van der Waals surface area contributed by atoms with Crippen molar-refractivity contribution in [3.05, 3.63) is 29.8 Å². The van der Waals surface area contributed by atoms with Gasteiger partial charge in [0.2, 0.25) is 5.91 Å². The number of nitrogens with two attached hydrogens (primary N) is 1. The Kier molecular flexibility index (Phi) is 4.75. The number of hydrogen-bond acceptors (Lipinski definition) is 3. The molecule has 2 rings (SSSR count). The van der Waals surface area contributed by atoms with Gasteiger partial charge in [0.1, 0.15) is 0 Å². The van der Waals surface area contributed by atoms with Crippen LogP contribution < -0.4 is 5.73 Å². The first-order chi connectivity index (χ1) is 9.06. The first-order valence-electron chi connectivity index (χ1n) is 6.80. The van der Waals surface area contributed by atoms with E-state index in [1.165, 1.54) is 0 Å². The summed E-state index contributed by atoms with van der Waals surface area (Å²) in [5, 5.41) is 0.573. The van der Waals surface area contributed by atoms with Gasteiger partial charge in [-0.25, -0.2) is 0 Å². The molecule has 1 heterocycles. The Morgan fingerprint density at radius 2 is 2.11 bits per heavy atom. The number of carbonyl (C=O) groups is 1. The summed E-state index contributed by atoms with van der Waals surface area (Å²) in [6.07, 6.45) is 0.482. The molecule has 1 aromatic rings. The first kappa shape index (κ1) is 14.3. The number of nitrogens with zero attached hydrogens (tertiary/aromatic N) is 1. The lowest BCUT2D eigenvalue weighted by Crippen LogP contribution is -2.44. The van der Waals surface area contributed by atoms with Crippen LogP contribution in [0.5, 0.6) is 0 Å². The van der Waals surface area contributed by atoms with Gasteiger partial charge in [-0.2, -0.15) is 11.8 Å². The molecule has 1 atom stereocenters. The zero-order chi connectivity index (χ0) is 13.8. The maximum Gasteiger partial charge on any atom is 0.227 e. The second kappa shape index (κ2) is 6.33. The molecule has 1 aromatic carbocycles. The topological polar surface area (TPSA) is 46.3 Å². The highest BCUT2D eigenvalue weighted by atomic mass is 32.2. The van der Waals surface area contributed by atoms with Crippen LogP contribution in [0.25, 0.3) is 0 Å². The fourth-order valence-corrected chi connectivity index (χ4v) is 3.53. The molecular weight excluding hydrogens is 256 g/mol. The van der Waals surface area contributed by atoms with Crippen molar-refractivity contribution in [2.75, 3.05) is 24.6 Å². The third-order valence-electron chi connectivity index (χ3n) is 3.52. The predicted molar refractivity (Wildman–Crippen MR) is 82.2 cm³/mol. The van der Waals surface area contributed by atoms with E-state index in [-0.39, 0.29) is 5.91 Å². The standard InChI is InChI=1S/C15H22N2OS/c1-11(2)14-10-17(7-8-19-14)15(18)9-12-3-5-13(16)6-4-12/h3-6,11,14H,7-10,16H2,1-2H3. The maximum absolute atomic E-state index is 12.3. The lowest BCUT2D eigenvalue weighted by Gasteiger charge is -2.34. The molecule has 3 nitrogen and oxygen atoms in total. The van der Waals surface area contributed by atoms with Gasteiger partial charge in [0.05, 0.1) is 6.42 Å². The minimum Gasteiger partial charge on any atom is -0.399 e. The number of benzene rings is 1. The number of carbonyl (C=O) groups excluding carboxylic acids is 1. The molecule has 4 heteroatoms. The van der Waals surface area contributed by atoms with Gasteiger partial charge < -0.3 is 10.6 Å². The summed E-state index contributed by atoms with van der Waals surface area (Å²) >= 11 is 1.99. The monoisotopic (exact) mass is 278 g/mol. The SMILES string of the molecule is CC(C)C1CN(C(=O)Cc2ccc(N)cc2)CCS1. The van der Waals surface area contributed by atoms with Gasteiger partial charge in [0, 0.05) is 29.8 Å². The molecule has 19 heavy (non-hydrogen) atoms. The van der Waals surface area contributed by atoms with Gasteiger partial charge in [-0.3, -0.25) is 4.79 Å². The van der Waals surface area contributed by atoms with Crippen LogP contribution in [-0.4, -0.2) is 34.9 Å². The van der Waals surface area contributed by atoms with Crippen LogP contribution in [-0.2, 0) is 11.2 Å². The number of nitrogen functional groups attached to an aromatic ring is 1. The van der Waals surface area contributed by atoms with Crippen molar-refractivity contribution in [1.82, 2.24) is 4.90 Å². The summed E-state index contributed by atoms with van der Waals surface area (Å²) in [7, 11) is 0. The van der Waals surface area contributed by atoms with E-state index < -0.39 is 0 Å². The minimum atomic E-state index is 0.232. The molecule has 0 spiro atoms. The molecule has 1 aliphatic heterocycles. The van der Waals surface area contributed by atoms with E-state index >= 15 is 0 Å². The fourth-order valence-electron chi connectivity index (χ4n) is 2.23. The zero-order valence-electron chi connectivity index (χ0n) is 11.6. The zero-order valence-corrected chi connectivity index (χ0v) is 12.5. The molecule has 0 radical (unpaired) electrons. The van der Waals surface area contributed by atoms with Gasteiger partial charge >= 0.3 is 0 Å². The average Bonchev–Trinajstić information content (AvgIpc) is 2.41. The predicted octanol–water partition coefficient (Wildman–Crippen LogP) is 2.41. The highest BCUT2D eigenvalue weighted by Gasteiger charge is 2.25. The molecule has 0 saturated carbocycles. The van der Waals surface area contributed by atoms with E-state index in [1.54, 1.807) is 0 Å². The average molecular weight is 278 g/mol. The molecule has 0 bridgehead atoms. The van der Waals surface area contributed by atoms with E-state index in [0.717, 1.165) is 30.1 Å². The van der Waals surface area contributed by atoms with E-state index in [2.05, 4.69) is 13.8 Å². The third-order valence-corrected chi connectivity index (χ3v) is 5.06. The Hall–Kier alpha value is -1.16. The van der Waals surface area contributed by atoms with E-state index in [1.807, 2.05) is 40.9 Å². The van der Waals surface area contributed by atoms with Crippen molar-refractivity contribution in [2.45, 2.75) is 25.5 Å². The van der Waals surface area contributed by atoms with Gasteiger partial charge in [0.15, 0.2) is 0 Å². The third kappa shape index (κ3) is 3.90.